The summed E-state index contributed by atoms with van der Waals surface area (Å²) in [5.41, 5.74) is -0.451. The summed E-state index contributed by atoms with van der Waals surface area (Å²) >= 11 is 0. The van der Waals surface area contributed by atoms with Gasteiger partial charge in [-0.1, -0.05) is 6.92 Å². The second-order valence-electron chi connectivity index (χ2n) is 5.22. The van der Waals surface area contributed by atoms with Crippen molar-refractivity contribution in [2.45, 2.75) is 45.9 Å². The summed E-state index contributed by atoms with van der Waals surface area (Å²) in [4.78, 5) is 13.9. The van der Waals surface area contributed by atoms with Crippen molar-refractivity contribution >= 4 is 6.09 Å². The van der Waals surface area contributed by atoms with Gasteiger partial charge in [0, 0.05) is 13.1 Å². The zero-order chi connectivity index (χ0) is 12.9. The average Bonchev–Trinajstić information content (AvgIpc) is 2.24. The fraction of sp³-hybridized carbons (Fsp3) is 0.917. The van der Waals surface area contributed by atoms with Gasteiger partial charge in [0.1, 0.15) is 5.60 Å². The topological polar surface area (TPSA) is 50.8 Å². The van der Waals surface area contributed by atoms with Gasteiger partial charge < -0.3 is 14.8 Å². The molecule has 1 unspecified atom stereocenters. The highest BCUT2D eigenvalue weighted by Gasteiger charge is 2.23. The highest BCUT2D eigenvalue weighted by molar-refractivity contribution is 5.68. The predicted molar refractivity (Wildman–Crippen MR) is 65.8 cm³/mol. The second-order valence-corrected chi connectivity index (χ2v) is 5.22. The Morgan fingerprint density at radius 1 is 1.41 bits per heavy atom. The molecule has 0 aromatic heterocycles. The van der Waals surface area contributed by atoms with Gasteiger partial charge in [0.15, 0.2) is 0 Å². The van der Waals surface area contributed by atoms with Crippen molar-refractivity contribution < 1.29 is 14.3 Å². The molecule has 5 nitrogen and oxygen atoms in total. The number of morpholine rings is 1. The van der Waals surface area contributed by atoms with Gasteiger partial charge in [0.05, 0.1) is 19.4 Å². The van der Waals surface area contributed by atoms with E-state index in [1.807, 2.05) is 20.8 Å². The fourth-order valence-corrected chi connectivity index (χ4v) is 1.78. The molecule has 1 rings (SSSR count). The van der Waals surface area contributed by atoms with Crippen molar-refractivity contribution in [1.29, 1.82) is 0 Å². The van der Waals surface area contributed by atoms with E-state index in [4.69, 9.17) is 9.47 Å². The van der Waals surface area contributed by atoms with E-state index in [0.29, 0.717) is 0 Å². The van der Waals surface area contributed by atoms with Crippen LogP contribution in [0, 0.1) is 0 Å². The number of rotatable bonds is 3. The van der Waals surface area contributed by atoms with Crippen molar-refractivity contribution in [3.05, 3.63) is 0 Å². The van der Waals surface area contributed by atoms with Crippen molar-refractivity contribution in [2.24, 2.45) is 0 Å². The second kappa shape index (κ2) is 6.21. The number of ether oxygens (including phenoxy) is 2. The van der Waals surface area contributed by atoms with E-state index in [-0.39, 0.29) is 12.3 Å². The van der Waals surface area contributed by atoms with E-state index < -0.39 is 5.60 Å². The molecule has 1 amide bonds. The van der Waals surface area contributed by atoms with Crippen LogP contribution in [0.5, 0.6) is 0 Å². The Bertz CT molecular complexity index is 245. The van der Waals surface area contributed by atoms with Gasteiger partial charge in [-0.3, -0.25) is 4.90 Å². The molecule has 1 aliphatic heterocycles. The van der Waals surface area contributed by atoms with E-state index >= 15 is 0 Å². The minimum atomic E-state index is -0.451. The lowest BCUT2D eigenvalue weighted by molar-refractivity contribution is 0.0000188. The standard InChI is InChI=1S/C12H24N2O3/c1-5-10(14-6-8-16-9-7-14)13-11(15)17-12(2,3)4/h10H,5-9H2,1-4H3,(H,13,15). The third-order valence-electron chi connectivity index (χ3n) is 2.56. The van der Waals surface area contributed by atoms with Crippen LogP contribution in [0.1, 0.15) is 34.1 Å². The molecular formula is C12H24N2O3. The Labute approximate surface area is 103 Å². The number of carbonyl (C=O) groups is 1. The first kappa shape index (κ1) is 14.3. The number of amides is 1. The normalized spacial score (nSPS) is 19.8. The van der Waals surface area contributed by atoms with Crippen molar-refractivity contribution in [2.75, 3.05) is 26.3 Å². The molecule has 0 aliphatic carbocycles. The minimum Gasteiger partial charge on any atom is -0.444 e. The molecule has 1 aliphatic rings. The SMILES string of the molecule is CCC(NC(=O)OC(C)(C)C)N1CCOCC1. The van der Waals surface area contributed by atoms with Crippen molar-refractivity contribution in [1.82, 2.24) is 10.2 Å². The highest BCUT2D eigenvalue weighted by Crippen LogP contribution is 2.09. The molecule has 1 fully saturated rings. The molecule has 0 aromatic rings. The molecule has 5 heteroatoms. The summed E-state index contributed by atoms with van der Waals surface area (Å²) in [6.07, 6.45) is 0.545. The zero-order valence-electron chi connectivity index (χ0n) is 11.3. The van der Waals surface area contributed by atoms with Crippen LogP contribution < -0.4 is 5.32 Å². The quantitative estimate of drug-likeness (QED) is 0.819. The first-order valence-corrected chi connectivity index (χ1v) is 6.23. The van der Waals surface area contributed by atoms with E-state index in [9.17, 15) is 4.79 Å². The number of nitrogens with zero attached hydrogens (tertiary/aromatic N) is 1. The molecule has 1 saturated heterocycles. The number of carbonyl (C=O) groups excluding carboxylic acids is 1. The number of hydrogen-bond acceptors (Lipinski definition) is 4. The maximum atomic E-state index is 11.7. The largest absolute Gasteiger partial charge is 0.444 e. The average molecular weight is 244 g/mol. The molecule has 0 saturated carbocycles. The maximum absolute atomic E-state index is 11.7. The van der Waals surface area contributed by atoms with Gasteiger partial charge in [-0.2, -0.15) is 0 Å². The number of alkyl carbamates (subject to hydrolysis) is 1. The van der Waals surface area contributed by atoms with Crippen LogP contribution in [0.15, 0.2) is 0 Å². The van der Waals surface area contributed by atoms with Gasteiger partial charge >= 0.3 is 6.09 Å². The van der Waals surface area contributed by atoms with Crippen LogP contribution >= 0.6 is 0 Å². The molecule has 0 bridgehead atoms. The third-order valence-corrected chi connectivity index (χ3v) is 2.56. The van der Waals surface area contributed by atoms with E-state index in [1.54, 1.807) is 0 Å². The molecular weight excluding hydrogens is 220 g/mol. The molecule has 1 atom stereocenters. The van der Waals surface area contributed by atoms with Crippen molar-refractivity contribution in [3.8, 4) is 0 Å². The summed E-state index contributed by atoms with van der Waals surface area (Å²) in [5.74, 6) is 0. The molecule has 17 heavy (non-hydrogen) atoms. The van der Waals surface area contributed by atoms with E-state index in [0.717, 1.165) is 32.7 Å². The van der Waals surface area contributed by atoms with Crippen LogP contribution in [-0.4, -0.2) is 49.1 Å². The van der Waals surface area contributed by atoms with E-state index in [1.165, 1.54) is 0 Å². The Balaban J connectivity index is 2.42. The Morgan fingerprint density at radius 3 is 2.47 bits per heavy atom. The van der Waals surface area contributed by atoms with Crippen molar-refractivity contribution in [3.63, 3.8) is 0 Å². The fourth-order valence-electron chi connectivity index (χ4n) is 1.78. The number of nitrogens with one attached hydrogen (secondary N) is 1. The summed E-state index contributed by atoms with van der Waals surface area (Å²) < 4.78 is 10.5. The Kier molecular flexibility index (Phi) is 5.21. The van der Waals surface area contributed by atoms with Gasteiger partial charge in [-0.15, -0.1) is 0 Å². The highest BCUT2D eigenvalue weighted by atomic mass is 16.6. The van der Waals surface area contributed by atoms with Gasteiger partial charge in [-0.05, 0) is 27.2 Å². The first-order valence-electron chi connectivity index (χ1n) is 6.23. The maximum Gasteiger partial charge on any atom is 0.408 e. The summed E-state index contributed by atoms with van der Waals surface area (Å²) in [6.45, 7) is 10.8. The Morgan fingerprint density at radius 2 is 2.00 bits per heavy atom. The summed E-state index contributed by atoms with van der Waals surface area (Å²) in [7, 11) is 0. The van der Waals surface area contributed by atoms with Crippen LogP contribution in [0.3, 0.4) is 0 Å². The molecule has 1 heterocycles. The molecule has 0 spiro atoms. The lowest BCUT2D eigenvalue weighted by Gasteiger charge is -2.34. The van der Waals surface area contributed by atoms with Gasteiger partial charge in [0.2, 0.25) is 0 Å². The predicted octanol–water partition coefficient (Wildman–Crippen LogP) is 1.58. The zero-order valence-corrected chi connectivity index (χ0v) is 11.3. The van der Waals surface area contributed by atoms with Crippen LogP contribution in [-0.2, 0) is 9.47 Å². The molecule has 0 radical (unpaired) electrons. The summed E-state index contributed by atoms with van der Waals surface area (Å²) in [5, 5.41) is 2.90. The summed E-state index contributed by atoms with van der Waals surface area (Å²) in [6, 6.07) is 0. The van der Waals surface area contributed by atoms with E-state index in [2.05, 4.69) is 17.1 Å². The first-order chi connectivity index (χ1) is 7.92. The molecule has 100 valence electrons. The van der Waals surface area contributed by atoms with Crippen LogP contribution in [0.25, 0.3) is 0 Å². The van der Waals surface area contributed by atoms with Crippen LogP contribution in [0.4, 0.5) is 4.79 Å². The third kappa shape index (κ3) is 5.37. The van der Waals surface area contributed by atoms with Gasteiger partial charge in [-0.25, -0.2) is 4.79 Å². The lowest BCUT2D eigenvalue weighted by atomic mass is 10.2. The van der Waals surface area contributed by atoms with Crippen LogP contribution in [0.2, 0.25) is 0 Å². The molecule has 0 aromatic carbocycles. The number of hydrogen-bond donors (Lipinski definition) is 1. The minimum absolute atomic E-state index is 0.0359. The van der Waals surface area contributed by atoms with Gasteiger partial charge in [0.25, 0.3) is 0 Å². The lowest BCUT2D eigenvalue weighted by Crippen LogP contribution is -2.52. The molecule has 1 N–H and O–H groups in total. The Hall–Kier alpha value is -0.810. The smallest absolute Gasteiger partial charge is 0.408 e. The monoisotopic (exact) mass is 244 g/mol.